The van der Waals surface area contributed by atoms with E-state index < -0.39 is 11.9 Å². The number of pyridine rings is 1. The van der Waals surface area contributed by atoms with Crippen molar-refractivity contribution in [3.05, 3.63) is 41.6 Å². The van der Waals surface area contributed by atoms with Crippen LogP contribution in [0.1, 0.15) is 24.1 Å². The summed E-state index contributed by atoms with van der Waals surface area (Å²) in [6.45, 7) is 0.782. The fraction of sp³-hybridized carbons (Fsp3) is 0.350. The zero-order chi connectivity index (χ0) is 21.3. The normalized spacial score (nSPS) is 16.3. The molecule has 1 fully saturated rings. The minimum atomic E-state index is -4.59. The number of fused-ring (bicyclic) bond motifs is 1. The Labute approximate surface area is 170 Å². The zero-order valence-corrected chi connectivity index (χ0v) is 15.7. The van der Waals surface area contributed by atoms with Gasteiger partial charge in [-0.3, -0.25) is 4.79 Å². The molecule has 2 aromatic rings. The number of aromatic nitrogens is 1. The summed E-state index contributed by atoms with van der Waals surface area (Å²) in [4.78, 5) is 17.9. The van der Waals surface area contributed by atoms with Gasteiger partial charge in [-0.15, -0.1) is 0 Å². The van der Waals surface area contributed by atoms with Gasteiger partial charge in [0, 0.05) is 30.8 Å². The summed E-state index contributed by atoms with van der Waals surface area (Å²) in [6, 6.07) is 8.92. The van der Waals surface area contributed by atoms with Crippen LogP contribution in [0.3, 0.4) is 0 Å². The Morgan fingerprint density at radius 2 is 1.90 bits per heavy atom. The molecule has 1 aromatic carbocycles. The number of nitriles is 1. The van der Waals surface area contributed by atoms with Crippen LogP contribution in [0.4, 0.5) is 24.7 Å². The maximum atomic E-state index is 13.0. The predicted octanol–water partition coefficient (Wildman–Crippen LogP) is 3.56. The van der Waals surface area contributed by atoms with Crippen LogP contribution < -0.4 is 19.7 Å². The maximum Gasteiger partial charge on any atom is 0.433 e. The summed E-state index contributed by atoms with van der Waals surface area (Å²) in [7, 11) is 0. The number of hydrogen-bond acceptors (Lipinski definition) is 6. The van der Waals surface area contributed by atoms with Gasteiger partial charge in [0.1, 0.15) is 17.6 Å². The van der Waals surface area contributed by atoms with E-state index in [0.717, 1.165) is 12.1 Å². The van der Waals surface area contributed by atoms with Crippen LogP contribution in [0.5, 0.6) is 11.5 Å². The number of piperidine rings is 1. The highest BCUT2D eigenvalue weighted by Gasteiger charge is 2.34. The molecule has 0 radical (unpaired) electrons. The van der Waals surface area contributed by atoms with Gasteiger partial charge >= 0.3 is 6.18 Å². The number of hydrogen-bond donors (Lipinski definition) is 1. The topological polar surface area (TPSA) is 87.5 Å². The molecule has 1 saturated heterocycles. The number of alkyl halides is 3. The Balaban J connectivity index is 1.41. The molecule has 7 nitrogen and oxygen atoms in total. The Morgan fingerprint density at radius 1 is 1.17 bits per heavy atom. The number of nitrogens with zero attached hydrogens (tertiary/aromatic N) is 3. The number of halogens is 3. The number of carbonyl (C=O) groups is 1. The van der Waals surface area contributed by atoms with Crippen molar-refractivity contribution in [1.82, 2.24) is 4.98 Å². The molecule has 4 rings (SSSR count). The second-order valence-corrected chi connectivity index (χ2v) is 7.00. The Kier molecular flexibility index (Phi) is 5.11. The largest absolute Gasteiger partial charge is 0.454 e. The van der Waals surface area contributed by atoms with Gasteiger partial charge in [0.05, 0.1) is 5.56 Å². The lowest BCUT2D eigenvalue weighted by molar-refractivity contribution is -0.141. The minimum absolute atomic E-state index is 0.00181. The van der Waals surface area contributed by atoms with Crippen molar-refractivity contribution < 1.29 is 27.4 Å². The van der Waals surface area contributed by atoms with E-state index in [0.29, 0.717) is 43.1 Å². The van der Waals surface area contributed by atoms with Crippen molar-refractivity contribution in [3.63, 3.8) is 0 Å². The molecule has 3 heterocycles. The van der Waals surface area contributed by atoms with E-state index >= 15 is 0 Å². The molecule has 30 heavy (non-hydrogen) atoms. The average molecular weight is 418 g/mol. The molecule has 2 aliphatic rings. The molecule has 1 N–H and O–H groups in total. The van der Waals surface area contributed by atoms with Crippen LogP contribution in [0, 0.1) is 17.2 Å². The van der Waals surface area contributed by atoms with E-state index in [1.165, 1.54) is 0 Å². The van der Waals surface area contributed by atoms with Gasteiger partial charge in [0.25, 0.3) is 0 Å². The van der Waals surface area contributed by atoms with Gasteiger partial charge in [-0.2, -0.15) is 18.4 Å². The third-order valence-electron chi connectivity index (χ3n) is 5.09. The Morgan fingerprint density at radius 3 is 2.60 bits per heavy atom. The van der Waals surface area contributed by atoms with Gasteiger partial charge in [0.15, 0.2) is 11.5 Å². The van der Waals surface area contributed by atoms with Crippen LogP contribution in [0.25, 0.3) is 0 Å². The molecule has 1 amide bonds. The van der Waals surface area contributed by atoms with E-state index in [2.05, 4.69) is 10.3 Å². The molecular weight excluding hydrogens is 401 g/mol. The minimum Gasteiger partial charge on any atom is -0.454 e. The summed E-state index contributed by atoms with van der Waals surface area (Å²) >= 11 is 0. The fourth-order valence-electron chi connectivity index (χ4n) is 3.51. The fourth-order valence-corrected chi connectivity index (χ4v) is 3.51. The van der Waals surface area contributed by atoms with Crippen molar-refractivity contribution in [2.45, 2.75) is 19.0 Å². The highest BCUT2D eigenvalue weighted by Crippen LogP contribution is 2.35. The summed E-state index contributed by atoms with van der Waals surface area (Å²) in [6.07, 6.45) is -3.73. The number of anilines is 2. The number of amides is 1. The van der Waals surface area contributed by atoms with Crippen LogP contribution >= 0.6 is 0 Å². The number of nitrogens with one attached hydrogen (secondary N) is 1. The van der Waals surface area contributed by atoms with Crippen molar-refractivity contribution in [3.8, 4) is 17.6 Å². The lowest BCUT2D eigenvalue weighted by Gasteiger charge is -2.32. The molecular formula is C20H17F3N4O3. The smallest absolute Gasteiger partial charge is 0.433 e. The molecule has 156 valence electrons. The van der Waals surface area contributed by atoms with E-state index in [-0.39, 0.29) is 30.0 Å². The average Bonchev–Trinajstić information content (AvgIpc) is 3.20. The Bertz CT molecular complexity index is 1010. The monoisotopic (exact) mass is 418 g/mol. The standard InChI is InChI=1S/C20H17F3N4O3/c21-20(22,23)17-4-1-13(10-24)18(26-17)27-7-5-12(6-8-27)19(28)25-14-2-3-15-16(9-14)30-11-29-15/h1-4,9,12H,5-8,11H2,(H,25,28). The summed E-state index contributed by atoms with van der Waals surface area (Å²) in [5, 5.41) is 12.1. The quantitative estimate of drug-likeness (QED) is 0.820. The first-order chi connectivity index (χ1) is 14.3. The summed E-state index contributed by atoms with van der Waals surface area (Å²) < 4.78 is 49.5. The van der Waals surface area contributed by atoms with Gasteiger partial charge in [-0.05, 0) is 37.1 Å². The SMILES string of the molecule is N#Cc1ccc(C(F)(F)F)nc1N1CCC(C(=O)Nc2ccc3c(c2)OCO3)CC1. The van der Waals surface area contributed by atoms with Gasteiger partial charge < -0.3 is 19.7 Å². The van der Waals surface area contributed by atoms with Crippen LogP contribution in [0.2, 0.25) is 0 Å². The van der Waals surface area contributed by atoms with E-state index in [4.69, 9.17) is 9.47 Å². The third-order valence-corrected chi connectivity index (χ3v) is 5.09. The molecule has 2 aliphatic heterocycles. The van der Waals surface area contributed by atoms with Gasteiger partial charge in [0.2, 0.25) is 12.7 Å². The van der Waals surface area contributed by atoms with Crippen LogP contribution in [0.15, 0.2) is 30.3 Å². The number of ether oxygens (including phenoxy) is 2. The molecule has 0 bridgehead atoms. The molecule has 0 unspecified atom stereocenters. The van der Waals surface area contributed by atoms with Crippen molar-refractivity contribution in [2.24, 2.45) is 5.92 Å². The van der Waals surface area contributed by atoms with E-state index in [1.54, 1.807) is 23.1 Å². The molecule has 0 atom stereocenters. The maximum absolute atomic E-state index is 13.0. The van der Waals surface area contributed by atoms with Gasteiger partial charge in [-0.25, -0.2) is 4.98 Å². The molecule has 0 aliphatic carbocycles. The third kappa shape index (κ3) is 3.96. The van der Waals surface area contributed by atoms with E-state index in [9.17, 15) is 23.2 Å². The van der Waals surface area contributed by atoms with Crippen molar-refractivity contribution in [1.29, 1.82) is 5.26 Å². The van der Waals surface area contributed by atoms with Crippen LogP contribution in [-0.4, -0.2) is 30.8 Å². The number of rotatable bonds is 3. The predicted molar refractivity (Wildman–Crippen MR) is 100 cm³/mol. The van der Waals surface area contributed by atoms with E-state index in [1.807, 2.05) is 6.07 Å². The lowest BCUT2D eigenvalue weighted by atomic mass is 9.95. The second kappa shape index (κ2) is 7.74. The molecule has 0 spiro atoms. The zero-order valence-electron chi connectivity index (χ0n) is 15.7. The lowest BCUT2D eigenvalue weighted by Crippen LogP contribution is -2.39. The first kappa shape index (κ1) is 19.8. The summed E-state index contributed by atoms with van der Waals surface area (Å²) in [5.41, 5.74) is -0.386. The first-order valence-electron chi connectivity index (χ1n) is 9.29. The highest BCUT2D eigenvalue weighted by atomic mass is 19.4. The number of benzene rings is 1. The van der Waals surface area contributed by atoms with Crippen molar-refractivity contribution >= 4 is 17.4 Å². The summed E-state index contributed by atoms with van der Waals surface area (Å²) in [5.74, 6) is 0.696. The molecule has 1 aromatic heterocycles. The second-order valence-electron chi connectivity index (χ2n) is 7.00. The Hall–Kier alpha value is -3.48. The highest BCUT2D eigenvalue weighted by molar-refractivity contribution is 5.93. The van der Waals surface area contributed by atoms with Crippen molar-refractivity contribution in [2.75, 3.05) is 30.1 Å². The van der Waals surface area contributed by atoms with Gasteiger partial charge in [-0.1, -0.05) is 0 Å². The number of carbonyl (C=O) groups excluding carboxylic acids is 1. The first-order valence-corrected chi connectivity index (χ1v) is 9.29. The molecule has 10 heteroatoms. The molecule has 0 saturated carbocycles. The van der Waals surface area contributed by atoms with Crippen LogP contribution in [-0.2, 0) is 11.0 Å².